The van der Waals surface area contributed by atoms with E-state index in [2.05, 4.69) is 12.2 Å². The first-order valence-electron chi connectivity index (χ1n) is 15.0. The molecule has 0 saturated heterocycles. The van der Waals surface area contributed by atoms with Crippen LogP contribution in [0.15, 0.2) is 47.4 Å². The summed E-state index contributed by atoms with van der Waals surface area (Å²) in [5.41, 5.74) is 1.75. The summed E-state index contributed by atoms with van der Waals surface area (Å²) in [7, 11) is 2.93. The Balaban J connectivity index is 1.85. The Kier molecular flexibility index (Phi) is 12.7. The van der Waals surface area contributed by atoms with Gasteiger partial charge in [0.2, 0.25) is 5.91 Å². The number of hydrogen-bond donors (Lipinski definition) is 2. The van der Waals surface area contributed by atoms with Gasteiger partial charge in [-0.1, -0.05) is 38.8 Å². The van der Waals surface area contributed by atoms with Gasteiger partial charge in [-0.05, 0) is 54.3 Å². The molecule has 3 atom stereocenters. The highest BCUT2D eigenvalue weighted by atomic mass is 32.2. The summed E-state index contributed by atoms with van der Waals surface area (Å²) in [6, 6.07) is 12.5. The van der Waals surface area contributed by atoms with E-state index >= 15 is 0 Å². The molecule has 2 aromatic carbocycles. The van der Waals surface area contributed by atoms with E-state index < -0.39 is 27.3 Å². The maximum atomic E-state index is 13.9. The summed E-state index contributed by atoms with van der Waals surface area (Å²) < 4.78 is 38.4. The normalized spacial score (nSPS) is 20.8. The third-order valence-corrected chi connectivity index (χ3v) is 10.3. The smallest absolute Gasteiger partial charge is 0.271 e. The zero-order valence-corrected chi connectivity index (χ0v) is 27.5. The van der Waals surface area contributed by atoms with Gasteiger partial charge >= 0.3 is 0 Å². The van der Waals surface area contributed by atoms with Crippen LogP contribution in [0.5, 0.6) is 0 Å². The number of rotatable bonds is 15. The second-order valence-corrected chi connectivity index (χ2v) is 13.4. The van der Waals surface area contributed by atoms with Gasteiger partial charge in [-0.3, -0.25) is 14.4 Å². The van der Waals surface area contributed by atoms with E-state index in [-0.39, 0.29) is 48.9 Å². The number of aliphatic hydroxyl groups excluding tert-OH is 1. The van der Waals surface area contributed by atoms with Crippen molar-refractivity contribution < 1.29 is 37.4 Å². The predicted molar refractivity (Wildman–Crippen MR) is 169 cm³/mol. The number of benzene rings is 2. The number of carbonyl (C=O) groups excluding carboxylic acids is 2. The van der Waals surface area contributed by atoms with Crippen LogP contribution in [0, 0.1) is 5.41 Å². The van der Waals surface area contributed by atoms with Crippen molar-refractivity contribution in [1.82, 2.24) is 5.06 Å². The zero-order valence-electron chi connectivity index (χ0n) is 26.7. The van der Waals surface area contributed by atoms with Crippen LogP contribution in [0.3, 0.4) is 0 Å². The molecule has 0 aliphatic carbocycles. The largest absolute Gasteiger partial charge is 0.392 e. The fraction of sp³-hybridized carbons (Fsp3) is 0.562. The Bertz CT molecular complexity index is 1380. The molecule has 0 bridgehead atoms. The minimum absolute atomic E-state index is 0.113. The van der Waals surface area contributed by atoms with E-state index in [4.69, 9.17) is 14.3 Å². The van der Waals surface area contributed by atoms with Crippen LogP contribution in [0.4, 0.5) is 11.4 Å². The quantitative estimate of drug-likeness (QED) is 0.223. The van der Waals surface area contributed by atoms with Gasteiger partial charge < -0.3 is 24.8 Å². The summed E-state index contributed by atoms with van der Waals surface area (Å²) in [5.74, 6) is -1.49. The molecule has 3 unspecified atom stereocenters. The first kappa shape index (κ1) is 35.4. The standard InChI is InChI=1S/C32H47N3O8S/c1-7-9-15-32(8-2)22-44(39,40)27-14-13-25(34(3)4)19-26(27)30(31(32)38)23-11-10-12-24(18-23)33-28(36)20-42-16-17-43-21-29(37)35(5)41-6/h10-14,18-19,30-31,38H,7-9,15-17,20-22H2,1-6H3,(H,33,36). The number of ether oxygens (including phenoxy) is 2. The second-order valence-electron chi connectivity index (χ2n) is 11.5. The summed E-state index contributed by atoms with van der Waals surface area (Å²) in [6.07, 6.45) is 1.80. The number of sulfone groups is 1. The Morgan fingerprint density at radius 2 is 1.75 bits per heavy atom. The molecule has 2 aromatic rings. The van der Waals surface area contributed by atoms with Crippen molar-refractivity contribution in [1.29, 1.82) is 0 Å². The van der Waals surface area contributed by atoms with E-state index in [1.807, 2.05) is 38.1 Å². The monoisotopic (exact) mass is 633 g/mol. The number of anilines is 2. The van der Waals surface area contributed by atoms with Crippen molar-refractivity contribution in [2.75, 3.05) is 70.6 Å². The lowest BCUT2D eigenvalue weighted by molar-refractivity contribution is -0.173. The molecule has 12 heteroatoms. The minimum Gasteiger partial charge on any atom is -0.392 e. The fourth-order valence-electron chi connectivity index (χ4n) is 5.65. The molecular weight excluding hydrogens is 586 g/mol. The van der Waals surface area contributed by atoms with Crippen LogP contribution >= 0.6 is 0 Å². The van der Waals surface area contributed by atoms with Crippen LogP contribution in [0.25, 0.3) is 0 Å². The second kappa shape index (κ2) is 15.8. The van der Waals surface area contributed by atoms with Crippen LogP contribution in [-0.2, 0) is 33.7 Å². The average Bonchev–Trinajstić information content (AvgIpc) is 3.07. The molecule has 44 heavy (non-hydrogen) atoms. The molecule has 2 N–H and O–H groups in total. The van der Waals surface area contributed by atoms with Gasteiger partial charge in [0.25, 0.3) is 5.91 Å². The number of carbonyl (C=O) groups is 2. The molecule has 0 saturated carbocycles. The van der Waals surface area contributed by atoms with Crippen LogP contribution in [0.1, 0.15) is 56.6 Å². The molecule has 1 aliphatic heterocycles. The van der Waals surface area contributed by atoms with E-state index in [0.717, 1.165) is 23.6 Å². The van der Waals surface area contributed by atoms with Crippen molar-refractivity contribution in [2.45, 2.75) is 56.4 Å². The van der Waals surface area contributed by atoms with Crippen molar-refractivity contribution in [3.63, 3.8) is 0 Å². The Morgan fingerprint density at radius 1 is 1.05 bits per heavy atom. The van der Waals surface area contributed by atoms with Crippen molar-refractivity contribution in [3.8, 4) is 0 Å². The van der Waals surface area contributed by atoms with Gasteiger partial charge in [0, 0.05) is 43.9 Å². The van der Waals surface area contributed by atoms with Gasteiger partial charge in [-0.25, -0.2) is 13.5 Å². The average molecular weight is 634 g/mol. The molecule has 0 radical (unpaired) electrons. The van der Waals surface area contributed by atoms with E-state index in [1.165, 1.54) is 14.2 Å². The maximum Gasteiger partial charge on any atom is 0.271 e. The number of aliphatic hydroxyl groups is 1. The number of unbranched alkanes of at least 4 members (excludes halogenated alkanes) is 1. The van der Waals surface area contributed by atoms with Crippen LogP contribution in [0.2, 0.25) is 0 Å². The van der Waals surface area contributed by atoms with E-state index in [1.54, 1.807) is 30.3 Å². The third-order valence-electron chi connectivity index (χ3n) is 8.32. The first-order valence-corrected chi connectivity index (χ1v) is 16.6. The number of amides is 2. The maximum absolute atomic E-state index is 13.9. The highest BCUT2D eigenvalue weighted by Crippen LogP contribution is 2.49. The van der Waals surface area contributed by atoms with Crippen molar-refractivity contribution in [2.24, 2.45) is 5.41 Å². The van der Waals surface area contributed by atoms with Crippen molar-refractivity contribution >= 4 is 33.0 Å². The molecule has 0 aromatic heterocycles. The van der Waals surface area contributed by atoms with Gasteiger partial charge in [0.1, 0.15) is 13.2 Å². The zero-order chi connectivity index (χ0) is 32.5. The highest BCUT2D eigenvalue weighted by Gasteiger charge is 2.49. The summed E-state index contributed by atoms with van der Waals surface area (Å²) >= 11 is 0. The summed E-state index contributed by atoms with van der Waals surface area (Å²) in [5, 5.41) is 16.0. The SMILES string of the molecule is CCCCC1(CC)CS(=O)(=O)c2ccc(N(C)C)cc2C(c2cccc(NC(=O)COCCOCC(=O)N(C)OC)c2)C1O. The van der Waals surface area contributed by atoms with Gasteiger partial charge in [0.15, 0.2) is 9.84 Å². The van der Waals surface area contributed by atoms with Crippen molar-refractivity contribution in [3.05, 3.63) is 53.6 Å². The summed E-state index contributed by atoms with van der Waals surface area (Å²) in [4.78, 5) is 31.3. The Hall–Kier alpha value is -3.03. The molecule has 244 valence electrons. The number of fused-ring (bicyclic) bond motifs is 1. The highest BCUT2D eigenvalue weighted by molar-refractivity contribution is 7.91. The third kappa shape index (κ3) is 8.57. The summed E-state index contributed by atoms with van der Waals surface area (Å²) in [6.45, 7) is 3.85. The molecular formula is C32H47N3O8S. The van der Waals surface area contributed by atoms with E-state index in [0.29, 0.717) is 29.7 Å². The molecule has 11 nitrogen and oxygen atoms in total. The van der Waals surface area contributed by atoms with Gasteiger partial charge in [-0.15, -0.1) is 0 Å². The van der Waals surface area contributed by atoms with Crippen LogP contribution in [-0.4, -0.2) is 96.9 Å². The molecule has 0 spiro atoms. The van der Waals surface area contributed by atoms with Gasteiger partial charge in [-0.2, -0.15) is 0 Å². The molecule has 2 amide bonds. The molecule has 1 heterocycles. The Labute approximate surface area is 261 Å². The number of nitrogens with zero attached hydrogens (tertiary/aromatic N) is 2. The number of hydroxylamine groups is 2. The molecule has 1 aliphatic rings. The lowest BCUT2D eigenvalue weighted by Gasteiger charge is -2.39. The lowest BCUT2D eigenvalue weighted by Crippen LogP contribution is -2.42. The first-order chi connectivity index (χ1) is 20.9. The number of likely N-dealkylation sites (N-methyl/N-ethyl adjacent to an activating group) is 1. The number of hydrogen-bond acceptors (Lipinski definition) is 9. The number of nitrogens with one attached hydrogen (secondary N) is 1. The lowest BCUT2D eigenvalue weighted by atomic mass is 9.69. The molecule has 3 rings (SSSR count). The van der Waals surface area contributed by atoms with Gasteiger partial charge in [0.05, 0.1) is 37.1 Å². The molecule has 0 fully saturated rings. The predicted octanol–water partition coefficient (Wildman–Crippen LogP) is 3.61. The topological polar surface area (TPSA) is 135 Å². The van der Waals surface area contributed by atoms with E-state index in [9.17, 15) is 23.1 Å². The Morgan fingerprint density at radius 3 is 2.39 bits per heavy atom. The minimum atomic E-state index is -3.70. The van der Waals surface area contributed by atoms with Crippen LogP contribution < -0.4 is 10.2 Å². The fourth-order valence-corrected chi connectivity index (χ4v) is 7.90.